The van der Waals surface area contributed by atoms with Gasteiger partial charge in [-0.2, -0.15) is 0 Å². The third-order valence-electron chi connectivity index (χ3n) is 5.28. The number of hydrogen-bond donors (Lipinski definition) is 2. The zero-order chi connectivity index (χ0) is 17.7. The maximum absolute atomic E-state index is 4.32. The lowest BCUT2D eigenvalue weighted by Gasteiger charge is -2.39. The molecular weight excluding hydrogens is 308 g/mol. The molecule has 134 valence electrons. The molecule has 0 unspecified atom stereocenters. The minimum atomic E-state index is 0.600. The third-order valence-corrected chi connectivity index (χ3v) is 5.28. The van der Waals surface area contributed by atoms with Gasteiger partial charge in [0, 0.05) is 24.3 Å². The quantitative estimate of drug-likeness (QED) is 0.899. The van der Waals surface area contributed by atoms with Crippen molar-refractivity contribution >= 4 is 0 Å². The lowest BCUT2D eigenvalue weighted by molar-refractivity contribution is 0.180. The Labute approximate surface area is 151 Å². The van der Waals surface area contributed by atoms with Gasteiger partial charge in [0.1, 0.15) is 6.33 Å². The van der Waals surface area contributed by atoms with Crippen molar-refractivity contribution in [2.24, 2.45) is 5.41 Å². The highest BCUT2D eigenvalue weighted by molar-refractivity contribution is 5.61. The number of aromatic nitrogens is 2. The predicted molar refractivity (Wildman–Crippen MR) is 104 cm³/mol. The van der Waals surface area contributed by atoms with Crippen LogP contribution in [-0.4, -0.2) is 36.6 Å². The normalized spacial score (nSPS) is 17.2. The first-order valence-corrected chi connectivity index (χ1v) is 9.36. The van der Waals surface area contributed by atoms with Crippen molar-refractivity contribution in [1.82, 2.24) is 20.6 Å². The van der Waals surface area contributed by atoms with Crippen molar-refractivity contribution in [3.8, 4) is 11.3 Å². The Morgan fingerprint density at radius 2 is 1.92 bits per heavy atom. The average molecular weight is 338 g/mol. The molecule has 0 saturated carbocycles. The third kappa shape index (κ3) is 4.65. The summed E-state index contributed by atoms with van der Waals surface area (Å²) in [4.78, 5) is 8.45. The van der Waals surface area contributed by atoms with Crippen molar-refractivity contribution in [3.05, 3.63) is 47.4 Å². The number of nitrogens with one attached hydrogen (secondary N) is 2. The van der Waals surface area contributed by atoms with E-state index >= 15 is 0 Å². The lowest BCUT2D eigenvalue weighted by Crippen LogP contribution is -2.52. The molecule has 2 aliphatic rings. The first-order chi connectivity index (χ1) is 12.1. The molecular formula is C21H30N4. The smallest absolute Gasteiger partial charge is 0.116 e. The van der Waals surface area contributed by atoms with E-state index in [0.717, 1.165) is 17.9 Å². The largest absolute Gasteiger partial charge is 0.320 e. The molecule has 2 aromatic rings. The van der Waals surface area contributed by atoms with Gasteiger partial charge in [-0.1, -0.05) is 19.1 Å². The van der Waals surface area contributed by atoms with Crippen molar-refractivity contribution in [2.45, 2.75) is 39.5 Å². The number of aryl methyl sites for hydroxylation is 3. The zero-order valence-corrected chi connectivity index (χ0v) is 15.7. The molecule has 1 fully saturated rings. The van der Waals surface area contributed by atoms with Crippen LogP contribution >= 0.6 is 0 Å². The van der Waals surface area contributed by atoms with Gasteiger partial charge in [-0.3, -0.25) is 0 Å². The maximum Gasteiger partial charge on any atom is 0.116 e. The fourth-order valence-electron chi connectivity index (χ4n) is 3.50. The minimum absolute atomic E-state index is 0.600. The van der Waals surface area contributed by atoms with Crippen molar-refractivity contribution in [3.63, 3.8) is 0 Å². The lowest BCUT2D eigenvalue weighted by atomic mass is 9.81. The molecule has 2 heterocycles. The topological polar surface area (TPSA) is 49.8 Å². The molecule has 2 N–H and O–H groups in total. The average Bonchev–Trinajstić information content (AvgIpc) is 3.06. The molecule has 1 saturated heterocycles. The van der Waals surface area contributed by atoms with Crippen molar-refractivity contribution in [1.29, 1.82) is 0 Å². The second-order valence-corrected chi connectivity index (χ2v) is 7.65. The summed E-state index contributed by atoms with van der Waals surface area (Å²) >= 11 is 0. The number of benzene rings is 1. The van der Waals surface area contributed by atoms with Gasteiger partial charge in [-0.15, -0.1) is 0 Å². The molecule has 0 atom stereocenters. The summed E-state index contributed by atoms with van der Waals surface area (Å²) in [6.07, 6.45) is 6.68. The van der Waals surface area contributed by atoms with Gasteiger partial charge < -0.3 is 10.6 Å². The SMILES string of the molecule is CNCCC1(C)CNC1.Cc1cc(-c2ccc3c(c2)CCC3)ncn1. The zero-order valence-electron chi connectivity index (χ0n) is 15.7. The Hall–Kier alpha value is -1.78. The van der Waals surface area contributed by atoms with Crippen LogP contribution in [0.5, 0.6) is 0 Å². The molecule has 4 nitrogen and oxygen atoms in total. The van der Waals surface area contributed by atoms with Crippen molar-refractivity contribution < 1.29 is 0 Å². The Bertz CT molecular complexity index is 707. The highest BCUT2D eigenvalue weighted by Gasteiger charge is 2.30. The highest BCUT2D eigenvalue weighted by atomic mass is 15.0. The van der Waals surface area contributed by atoms with Crippen LogP contribution in [0.2, 0.25) is 0 Å². The van der Waals surface area contributed by atoms with Crippen LogP contribution in [0.15, 0.2) is 30.6 Å². The second kappa shape index (κ2) is 8.07. The molecule has 1 aromatic heterocycles. The Kier molecular flexibility index (Phi) is 5.82. The van der Waals surface area contributed by atoms with Crippen LogP contribution in [0.1, 0.15) is 36.6 Å². The number of nitrogens with zero attached hydrogens (tertiary/aromatic N) is 2. The number of fused-ring (bicyclic) bond motifs is 1. The fraction of sp³-hybridized carbons (Fsp3) is 0.524. The molecule has 1 aliphatic heterocycles. The van der Waals surface area contributed by atoms with Crippen LogP contribution in [0, 0.1) is 12.3 Å². The second-order valence-electron chi connectivity index (χ2n) is 7.65. The van der Waals surface area contributed by atoms with Gasteiger partial charge in [0.2, 0.25) is 0 Å². The molecule has 25 heavy (non-hydrogen) atoms. The first kappa shape index (κ1) is 18.0. The summed E-state index contributed by atoms with van der Waals surface area (Å²) in [7, 11) is 2.01. The molecule has 1 aromatic carbocycles. The predicted octanol–water partition coefficient (Wildman–Crippen LogP) is 3.15. The summed E-state index contributed by atoms with van der Waals surface area (Å²) in [5, 5.41) is 6.45. The standard InChI is InChI=1S/C14H14N2.C7H16N2/c1-10-7-14(16-9-15-10)13-6-5-11-3-2-4-12(11)8-13;1-7(3-4-8-2)5-9-6-7/h5-9H,2-4H2,1H3;8-9H,3-6H2,1-2H3. The van der Waals surface area contributed by atoms with E-state index in [0.29, 0.717) is 5.41 Å². The van der Waals surface area contributed by atoms with E-state index in [4.69, 9.17) is 0 Å². The van der Waals surface area contributed by atoms with E-state index in [-0.39, 0.29) is 0 Å². The van der Waals surface area contributed by atoms with E-state index in [1.165, 1.54) is 55.5 Å². The Morgan fingerprint density at radius 3 is 2.60 bits per heavy atom. The van der Waals surface area contributed by atoms with E-state index in [9.17, 15) is 0 Å². The first-order valence-electron chi connectivity index (χ1n) is 9.36. The van der Waals surface area contributed by atoms with Crippen LogP contribution in [0.4, 0.5) is 0 Å². The summed E-state index contributed by atoms with van der Waals surface area (Å²) in [5.74, 6) is 0. The van der Waals surface area contributed by atoms with Gasteiger partial charge >= 0.3 is 0 Å². The van der Waals surface area contributed by atoms with Gasteiger partial charge in [-0.25, -0.2) is 9.97 Å². The Balaban J connectivity index is 0.000000173. The van der Waals surface area contributed by atoms with E-state index < -0.39 is 0 Å². The molecule has 0 radical (unpaired) electrons. The fourth-order valence-corrected chi connectivity index (χ4v) is 3.50. The van der Waals surface area contributed by atoms with Gasteiger partial charge in [-0.05, 0) is 74.9 Å². The summed E-state index contributed by atoms with van der Waals surface area (Å²) < 4.78 is 0. The van der Waals surface area contributed by atoms with E-state index in [2.05, 4.69) is 45.7 Å². The summed E-state index contributed by atoms with van der Waals surface area (Å²) in [6, 6.07) is 8.74. The van der Waals surface area contributed by atoms with Gasteiger partial charge in [0.15, 0.2) is 0 Å². The Morgan fingerprint density at radius 1 is 1.12 bits per heavy atom. The van der Waals surface area contributed by atoms with E-state index in [1.807, 2.05) is 20.0 Å². The van der Waals surface area contributed by atoms with Crippen LogP contribution in [-0.2, 0) is 12.8 Å². The van der Waals surface area contributed by atoms with Gasteiger partial charge in [0.05, 0.1) is 5.69 Å². The molecule has 1 aliphatic carbocycles. The highest BCUT2D eigenvalue weighted by Crippen LogP contribution is 2.27. The number of rotatable bonds is 4. The van der Waals surface area contributed by atoms with Crippen molar-refractivity contribution in [2.75, 3.05) is 26.7 Å². The molecule has 0 amide bonds. The maximum atomic E-state index is 4.32. The van der Waals surface area contributed by atoms with Crippen LogP contribution in [0.3, 0.4) is 0 Å². The van der Waals surface area contributed by atoms with Crippen LogP contribution in [0.25, 0.3) is 11.3 Å². The van der Waals surface area contributed by atoms with Gasteiger partial charge in [0.25, 0.3) is 0 Å². The monoisotopic (exact) mass is 338 g/mol. The summed E-state index contributed by atoms with van der Waals surface area (Å²) in [6.45, 7) is 7.89. The van der Waals surface area contributed by atoms with Crippen LogP contribution < -0.4 is 10.6 Å². The molecule has 4 heteroatoms. The van der Waals surface area contributed by atoms with E-state index in [1.54, 1.807) is 6.33 Å². The minimum Gasteiger partial charge on any atom is -0.320 e. The molecule has 4 rings (SSSR count). The summed E-state index contributed by atoms with van der Waals surface area (Å²) in [5.41, 5.74) is 6.87. The number of hydrogen-bond acceptors (Lipinski definition) is 4. The molecule has 0 spiro atoms. The molecule has 0 bridgehead atoms.